The van der Waals surface area contributed by atoms with Crippen LogP contribution in [-0.4, -0.2) is 17.2 Å². The van der Waals surface area contributed by atoms with Crippen molar-refractivity contribution in [2.24, 2.45) is 11.8 Å². The molecule has 0 saturated heterocycles. The number of benzene rings is 4. The molecule has 0 radical (unpaired) electrons. The molecular formula is C35H38O3. The highest BCUT2D eigenvalue weighted by atomic mass is 16.5. The van der Waals surface area contributed by atoms with E-state index >= 15 is 0 Å². The van der Waals surface area contributed by atoms with Crippen LogP contribution < -0.4 is 0 Å². The number of rotatable bonds is 5. The SMILES string of the molecule is Cc1cc(C)c(-c2c(C(=O)O[C@@H]3C[C@H](C)CC[C@H]3C(C)(C)c3ccccc3)ccc3ccccc23)c(O)c1. The molecule has 3 nitrogen and oxygen atoms in total. The highest BCUT2D eigenvalue weighted by Crippen LogP contribution is 2.45. The number of hydrogen-bond acceptors (Lipinski definition) is 3. The van der Waals surface area contributed by atoms with E-state index in [9.17, 15) is 9.90 Å². The molecule has 196 valence electrons. The Labute approximate surface area is 226 Å². The number of aryl methyl sites for hydroxylation is 2. The lowest BCUT2D eigenvalue weighted by Crippen LogP contribution is -2.43. The Kier molecular flexibility index (Phi) is 7.05. The standard InChI is InChI=1S/C35H38O3/c1-22-15-18-29(35(4,5)26-12-7-6-8-13-26)31(21-22)38-34(37)28-17-16-25-11-9-10-14-27(25)33(28)32-24(3)19-23(2)20-30(32)36/h6-14,16-17,19-20,22,29,31,36H,15,18,21H2,1-5H3/t22-,29-,31-/m1/s1. The third-order valence-electron chi connectivity index (χ3n) is 8.62. The zero-order chi connectivity index (χ0) is 27.0. The first-order valence-electron chi connectivity index (χ1n) is 13.8. The van der Waals surface area contributed by atoms with E-state index in [-0.39, 0.29) is 29.2 Å². The number of carbonyl (C=O) groups excluding carboxylic acids is 1. The van der Waals surface area contributed by atoms with Crippen molar-refractivity contribution in [3.63, 3.8) is 0 Å². The summed E-state index contributed by atoms with van der Waals surface area (Å²) < 4.78 is 6.46. The molecule has 4 aromatic carbocycles. The molecule has 0 aromatic heterocycles. The van der Waals surface area contributed by atoms with Gasteiger partial charge in [0.1, 0.15) is 11.9 Å². The van der Waals surface area contributed by atoms with Crippen molar-refractivity contribution in [3.8, 4) is 16.9 Å². The molecule has 0 unspecified atom stereocenters. The minimum atomic E-state index is -0.321. The first-order chi connectivity index (χ1) is 18.2. The number of esters is 1. The summed E-state index contributed by atoms with van der Waals surface area (Å²) in [6.07, 6.45) is 2.81. The fraction of sp³-hybridized carbons (Fsp3) is 0.343. The number of phenolic OH excluding ortho intramolecular Hbond substituents is 1. The fourth-order valence-corrected chi connectivity index (χ4v) is 6.55. The van der Waals surface area contributed by atoms with Crippen LogP contribution in [-0.2, 0) is 10.2 Å². The van der Waals surface area contributed by atoms with Crippen molar-refractivity contribution in [1.82, 2.24) is 0 Å². The Morgan fingerprint density at radius 1 is 0.895 bits per heavy atom. The Bertz CT molecular complexity index is 1440. The van der Waals surface area contributed by atoms with Crippen LogP contribution in [0.15, 0.2) is 78.9 Å². The second kappa shape index (κ2) is 10.3. The number of ether oxygens (including phenoxy) is 1. The lowest BCUT2D eigenvalue weighted by Gasteiger charge is -2.44. The van der Waals surface area contributed by atoms with Crippen LogP contribution in [0.2, 0.25) is 0 Å². The van der Waals surface area contributed by atoms with Gasteiger partial charge in [0.15, 0.2) is 0 Å². The lowest BCUT2D eigenvalue weighted by molar-refractivity contribution is -0.0236. The largest absolute Gasteiger partial charge is 0.507 e. The van der Waals surface area contributed by atoms with E-state index in [1.807, 2.05) is 62.4 Å². The van der Waals surface area contributed by atoms with Gasteiger partial charge in [-0.2, -0.15) is 0 Å². The number of carbonyl (C=O) groups is 1. The van der Waals surface area contributed by atoms with E-state index in [0.29, 0.717) is 17.0 Å². The van der Waals surface area contributed by atoms with Gasteiger partial charge in [-0.05, 0) is 77.6 Å². The van der Waals surface area contributed by atoms with Crippen molar-refractivity contribution in [1.29, 1.82) is 0 Å². The Morgan fingerprint density at radius 3 is 2.34 bits per heavy atom. The van der Waals surface area contributed by atoms with Crippen molar-refractivity contribution in [3.05, 3.63) is 101 Å². The highest BCUT2D eigenvalue weighted by molar-refractivity contribution is 6.09. The van der Waals surface area contributed by atoms with Crippen LogP contribution in [0.4, 0.5) is 0 Å². The molecule has 4 aromatic rings. The van der Waals surface area contributed by atoms with E-state index in [4.69, 9.17) is 4.74 Å². The summed E-state index contributed by atoms with van der Waals surface area (Å²) >= 11 is 0. The topological polar surface area (TPSA) is 46.5 Å². The summed E-state index contributed by atoms with van der Waals surface area (Å²) in [6, 6.07) is 26.3. The first-order valence-corrected chi connectivity index (χ1v) is 13.8. The summed E-state index contributed by atoms with van der Waals surface area (Å²) in [5.74, 6) is 0.568. The molecule has 1 N–H and O–H groups in total. The maximum atomic E-state index is 14.1. The van der Waals surface area contributed by atoms with Crippen molar-refractivity contribution < 1.29 is 14.6 Å². The van der Waals surface area contributed by atoms with Crippen LogP contribution in [0, 0.1) is 25.7 Å². The third kappa shape index (κ3) is 4.82. The van der Waals surface area contributed by atoms with Gasteiger partial charge >= 0.3 is 5.97 Å². The number of fused-ring (bicyclic) bond motifs is 1. The third-order valence-corrected chi connectivity index (χ3v) is 8.62. The molecule has 3 atom stereocenters. The van der Waals surface area contributed by atoms with Crippen LogP contribution in [0.5, 0.6) is 5.75 Å². The second-order valence-corrected chi connectivity index (χ2v) is 11.7. The van der Waals surface area contributed by atoms with Crippen LogP contribution >= 0.6 is 0 Å². The van der Waals surface area contributed by atoms with Crippen LogP contribution in [0.3, 0.4) is 0 Å². The molecule has 1 aliphatic rings. The van der Waals surface area contributed by atoms with Crippen LogP contribution in [0.1, 0.15) is 67.1 Å². The fourth-order valence-electron chi connectivity index (χ4n) is 6.55. The smallest absolute Gasteiger partial charge is 0.339 e. The van der Waals surface area contributed by atoms with Gasteiger partial charge in [-0.25, -0.2) is 4.79 Å². The van der Waals surface area contributed by atoms with Gasteiger partial charge < -0.3 is 9.84 Å². The zero-order valence-electron chi connectivity index (χ0n) is 23.1. The molecule has 0 spiro atoms. The Morgan fingerprint density at radius 2 is 1.61 bits per heavy atom. The average molecular weight is 507 g/mol. The molecule has 1 aliphatic carbocycles. The Hall–Kier alpha value is -3.59. The summed E-state index contributed by atoms with van der Waals surface area (Å²) in [5.41, 5.74) is 4.98. The van der Waals surface area contributed by atoms with Gasteiger partial charge in [0.25, 0.3) is 0 Å². The van der Waals surface area contributed by atoms with Gasteiger partial charge in [-0.3, -0.25) is 0 Å². The summed E-state index contributed by atoms with van der Waals surface area (Å²) in [4.78, 5) is 14.1. The molecule has 1 saturated carbocycles. The normalized spacial score (nSPS) is 19.9. The summed E-state index contributed by atoms with van der Waals surface area (Å²) in [5, 5.41) is 13.0. The highest BCUT2D eigenvalue weighted by Gasteiger charge is 2.42. The minimum absolute atomic E-state index is 0.135. The molecular weight excluding hydrogens is 468 g/mol. The van der Waals surface area contributed by atoms with E-state index in [2.05, 4.69) is 45.0 Å². The maximum Gasteiger partial charge on any atom is 0.339 e. The second-order valence-electron chi connectivity index (χ2n) is 11.7. The molecule has 3 heteroatoms. The first kappa shape index (κ1) is 26.0. The van der Waals surface area contributed by atoms with Gasteiger partial charge in [-0.1, -0.05) is 93.9 Å². The molecule has 5 rings (SSSR count). The van der Waals surface area contributed by atoms with Crippen LogP contribution in [0.25, 0.3) is 21.9 Å². The number of aromatic hydroxyl groups is 1. The van der Waals surface area contributed by atoms with Gasteiger partial charge in [0.2, 0.25) is 0 Å². The quantitative estimate of drug-likeness (QED) is 0.275. The number of phenols is 1. The molecule has 38 heavy (non-hydrogen) atoms. The molecule has 0 bridgehead atoms. The van der Waals surface area contributed by atoms with Gasteiger partial charge in [-0.15, -0.1) is 0 Å². The lowest BCUT2D eigenvalue weighted by atomic mass is 9.64. The Balaban J connectivity index is 1.58. The minimum Gasteiger partial charge on any atom is -0.507 e. The van der Waals surface area contributed by atoms with Gasteiger partial charge in [0, 0.05) is 17.0 Å². The van der Waals surface area contributed by atoms with E-state index in [0.717, 1.165) is 46.7 Å². The van der Waals surface area contributed by atoms with Crippen molar-refractivity contribution in [2.75, 3.05) is 0 Å². The van der Waals surface area contributed by atoms with E-state index in [1.165, 1.54) is 5.56 Å². The van der Waals surface area contributed by atoms with Crippen molar-refractivity contribution in [2.45, 2.75) is 65.4 Å². The predicted octanol–water partition coefficient (Wildman–Crippen LogP) is 8.77. The van der Waals surface area contributed by atoms with E-state index < -0.39 is 0 Å². The predicted molar refractivity (Wildman–Crippen MR) is 156 cm³/mol. The molecule has 0 aliphatic heterocycles. The number of hydrogen-bond donors (Lipinski definition) is 1. The molecule has 1 fully saturated rings. The van der Waals surface area contributed by atoms with Crippen molar-refractivity contribution >= 4 is 16.7 Å². The maximum absolute atomic E-state index is 14.1. The van der Waals surface area contributed by atoms with E-state index in [1.54, 1.807) is 6.07 Å². The summed E-state index contributed by atoms with van der Waals surface area (Å²) in [6.45, 7) is 10.8. The summed E-state index contributed by atoms with van der Waals surface area (Å²) in [7, 11) is 0. The van der Waals surface area contributed by atoms with Gasteiger partial charge in [0.05, 0.1) is 5.56 Å². The molecule has 0 heterocycles. The monoisotopic (exact) mass is 506 g/mol. The average Bonchev–Trinajstić information content (AvgIpc) is 2.88. The zero-order valence-corrected chi connectivity index (χ0v) is 23.1. The molecule has 0 amide bonds.